The van der Waals surface area contributed by atoms with Gasteiger partial charge in [-0.25, -0.2) is 4.90 Å². The van der Waals surface area contributed by atoms with Gasteiger partial charge in [-0.2, -0.15) is 0 Å². The molecule has 0 aromatic heterocycles. The summed E-state index contributed by atoms with van der Waals surface area (Å²) in [6.45, 7) is 1.93. The topological polar surface area (TPSA) is 37.4 Å². The first-order valence-electron chi connectivity index (χ1n) is 6.39. The molecule has 1 aliphatic heterocycles. The van der Waals surface area contributed by atoms with Gasteiger partial charge in [-0.05, 0) is 30.2 Å². The maximum Gasteiger partial charge on any atom is 0.266 e. The second-order valence-electron chi connectivity index (χ2n) is 4.74. The molecule has 2 aromatic rings. The lowest BCUT2D eigenvalue weighted by Crippen LogP contribution is -2.30. The minimum absolute atomic E-state index is 0.271. The summed E-state index contributed by atoms with van der Waals surface area (Å²) in [5.74, 6) is -0.564. The molecule has 2 amide bonds. The zero-order valence-corrected chi connectivity index (χ0v) is 11.0. The molecule has 0 unspecified atom stereocenters. The van der Waals surface area contributed by atoms with E-state index in [4.69, 9.17) is 0 Å². The molecule has 0 aliphatic carbocycles. The Labute approximate surface area is 117 Å². The number of rotatable bonds is 2. The summed E-state index contributed by atoms with van der Waals surface area (Å²) in [6, 6.07) is 16.6. The molecule has 3 nitrogen and oxygen atoms in total. The summed E-state index contributed by atoms with van der Waals surface area (Å²) < 4.78 is 0. The van der Waals surface area contributed by atoms with Crippen LogP contribution in [0.2, 0.25) is 0 Å². The predicted molar refractivity (Wildman–Crippen MR) is 78.1 cm³/mol. The molecular weight excluding hydrogens is 250 g/mol. The number of hydrogen-bond acceptors (Lipinski definition) is 2. The molecule has 3 heteroatoms. The highest BCUT2D eigenvalue weighted by Gasteiger charge is 2.32. The third-order valence-corrected chi connectivity index (χ3v) is 3.27. The molecule has 0 spiro atoms. The fourth-order valence-corrected chi connectivity index (χ4v) is 2.31. The van der Waals surface area contributed by atoms with Crippen molar-refractivity contribution in [2.75, 3.05) is 4.90 Å². The van der Waals surface area contributed by atoms with Crippen molar-refractivity contribution in [1.29, 1.82) is 0 Å². The van der Waals surface area contributed by atoms with Gasteiger partial charge in [-0.1, -0.05) is 42.5 Å². The molecule has 0 saturated heterocycles. The minimum Gasteiger partial charge on any atom is -0.269 e. The van der Waals surface area contributed by atoms with Crippen molar-refractivity contribution < 1.29 is 9.59 Å². The molecule has 1 aliphatic rings. The number of nitrogens with zero attached hydrogens (tertiary/aromatic N) is 1. The number of anilines is 1. The lowest BCUT2D eigenvalue weighted by molar-refractivity contribution is -0.119. The SMILES string of the molecule is Cc1cccc(N2C(=O)C=C(c3ccccc3)C2=O)c1. The van der Waals surface area contributed by atoms with Crippen molar-refractivity contribution in [3.63, 3.8) is 0 Å². The summed E-state index contributed by atoms with van der Waals surface area (Å²) in [5.41, 5.74) is 2.83. The average Bonchev–Trinajstić information content (AvgIpc) is 2.75. The average molecular weight is 263 g/mol. The van der Waals surface area contributed by atoms with E-state index < -0.39 is 0 Å². The van der Waals surface area contributed by atoms with Crippen LogP contribution in [-0.4, -0.2) is 11.8 Å². The van der Waals surface area contributed by atoms with Crippen molar-refractivity contribution in [2.24, 2.45) is 0 Å². The van der Waals surface area contributed by atoms with Gasteiger partial charge in [0.1, 0.15) is 0 Å². The lowest BCUT2D eigenvalue weighted by Gasteiger charge is -2.15. The van der Waals surface area contributed by atoms with Crippen molar-refractivity contribution >= 4 is 23.1 Å². The Hall–Kier alpha value is -2.68. The second-order valence-corrected chi connectivity index (χ2v) is 4.74. The summed E-state index contributed by atoms with van der Waals surface area (Å²) in [7, 11) is 0. The van der Waals surface area contributed by atoms with Gasteiger partial charge in [0.2, 0.25) is 0 Å². The summed E-state index contributed by atoms with van der Waals surface area (Å²) in [5, 5.41) is 0. The number of carbonyl (C=O) groups is 2. The van der Waals surface area contributed by atoms with Gasteiger partial charge in [0.25, 0.3) is 11.8 Å². The van der Waals surface area contributed by atoms with Crippen LogP contribution < -0.4 is 4.90 Å². The van der Waals surface area contributed by atoms with Gasteiger partial charge in [0.15, 0.2) is 0 Å². The van der Waals surface area contributed by atoms with Gasteiger partial charge in [-0.15, -0.1) is 0 Å². The standard InChI is InChI=1S/C17H13NO2/c1-12-6-5-9-14(10-12)18-16(19)11-15(17(18)20)13-7-3-2-4-8-13/h2-11H,1H3. The zero-order valence-electron chi connectivity index (χ0n) is 11.0. The van der Waals surface area contributed by atoms with Crippen LogP contribution >= 0.6 is 0 Å². The zero-order chi connectivity index (χ0) is 14.1. The first kappa shape index (κ1) is 12.4. The smallest absolute Gasteiger partial charge is 0.266 e. The highest BCUT2D eigenvalue weighted by Crippen LogP contribution is 2.28. The van der Waals surface area contributed by atoms with Crippen LogP contribution in [-0.2, 0) is 9.59 Å². The van der Waals surface area contributed by atoms with E-state index in [9.17, 15) is 9.59 Å². The van der Waals surface area contributed by atoms with Crippen molar-refractivity contribution in [2.45, 2.75) is 6.92 Å². The summed E-state index contributed by atoms with van der Waals surface area (Å²) in [4.78, 5) is 25.8. The molecule has 0 saturated carbocycles. The van der Waals surface area contributed by atoms with Crippen molar-refractivity contribution in [3.8, 4) is 0 Å². The maximum absolute atomic E-state index is 12.5. The molecule has 0 radical (unpaired) electrons. The fraction of sp³-hybridized carbons (Fsp3) is 0.0588. The molecule has 0 atom stereocenters. The first-order valence-corrected chi connectivity index (χ1v) is 6.39. The van der Waals surface area contributed by atoms with E-state index in [0.29, 0.717) is 11.3 Å². The van der Waals surface area contributed by atoms with Crippen LogP contribution in [0.3, 0.4) is 0 Å². The number of hydrogen-bond donors (Lipinski definition) is 0. The molecule has 98 valence electrons. The van der Waals surface area contributed by atoms with Crippen LogP contribution in [0.25, 0.3) is 5.57 Å². The highest BCUT2D eigenvalue weighted by atomic mass is 16.2. The molecule has 0 fully saturated rings. The van der Waals surface area contributed by atoms with E-state index in [1.165, 1.54) is 11.0 Å². The van der Waals surface area contributed by atoms with E-state index in [2.05, 4.69) is 0 Å². The quantitative estimate of drug-likeness (QED) is 0.781. The molecule has 0 N–H and O–H groups in total. The first-order chi connectivity index (χ1) is 9.66. The number of benzene rings is 2. The molecule has 1 heterocycles. The number of amides is 2. The Morgan fingerprint density at radius 2 is 1.65 bits per heavy atom. The Balaban J connectivity index is 1.99. The van der Waals surface area contributed by atoms with Crippen LogP contribution in [0, 0.1) is 6.92 Å². The fourth-order valence-electron chi connectivity index (χ4n) is 2.31. The monoisotopic (exact) mass is 263 g/mol. The lowest BCUT2D eigenvalue weighted by atomic mass is 10.1. The Kier molecular flexibility index (Phi) is 2.95. The molecule has 3 rings (SSSR count). The van der Waals surface area contributed by atoms with Gasteiger partial charge < -0.3 is 0 Å². The molecule has 0 bridgehead atoms. The summed E-state index contributed by atoms with van der Waals surface area (Å²) in [6.07, 6.45) is 1.40. The maximum atomic E-state index is 12.5. The minimum atomic E-state index is -0.292. The molecule has 2 aromatic carbocycles. The number of aryl methyl sites for hydroxylation is 1. The number of imide groups is 1. The normalized spacial score (nSPS) is 14.7. The third kappa shape index (κ3) is 2.03. The molecule has 20 heavy (non-hydrogen) atoms. The van der Waals surface area contributed by atoms with E-state index in [-0.39, 0.29) is 11.8 Å². The number of carbonyl (C=O) groups excluding carboxylic acids is 2. The molecular formula is C17H13NO2. The van der Waals surface area contributed by atoms with Gasteiger partial charge in [0.05, 0.1) is 11.3 Å². The van der Waals surface area contributed by atoms with E-state index >= 15 is 0 Å². The Morgan fingerprint density at radius 3 is 2.35 bits per heavy atom. The summed E-state index contributed by atoms with van der Waals surface area (Å²) >= 11 is 0. The Morgan fingerprint density at radius 1 is 0.900 bits per heavy atom. The van der Waals surface area contributed by atoms with Crippen LogP contribution in [0.15, 0.2) is 60.7 Å². The van der Waals surface area contributed by atoms with Crippen LogP contribution in [0.1, 0.15) is 11.1 Å². The highest BCUT2D eigenvalue weighted by molar-refractivity contribution is 6.43. The van der Waals surface area contributed by atoms with Crippen LogP contribution in [0.5, 0.6) is 0 Å². The van der Waals surface area contributed by atoms with Crippen molar-refractivity contribution in [1.82, 2.24) is 0 Å². The van der Waals surface area contributed by atoms with Gasteiger partial charge >= 0.3 is 0 Å². The largest absolute Gasteiger partial charge is 0.269 e. The van der Waals surface area contributed by atoms with E-state index in [1.54, 1.807) is 6.07 Å². The van der Waals surface area contributed by atoms with E-state index in [0.717, 1.165) is 11.1 Å². The Bertz CT molecular complexity index is 717. The van der Waals surface area contributed by atoms with Crippen molar-refractivity contribution in [3.05, 3.63) is 71.8 Å². The van der Waals surface area contributed by atoms with E-state index in [1.807, 2.05) is 55.5 Å². The third-order valence-electron chi connectivity index (χ3n) is 3.27. The predicted octanol–water partition coefficient (Wildman–Crippen LogP) is 2.95. The van der Waals surface area contributed by atoms with Gasteiger partial charge in [-0.3, -0.25) is 9.59 Å². The van der Waals surface area contributed by atoms with Gasteiger partial charge in [0, 0.05) is 6.08 Å². The second kappa shape index (κ2) is 4.78. The van der Waals surface area contributed by atoms with Crippen LogP contribution in [0.4, 0.5) is 5.69 Å².